The second kappa shape index (κ2) is 9.41. The molecule has 0 aliphatic rings. The second-order valence-electron chi connectivity index (χ2n) is 6.14. The van der Waals surface area contributed by atoms with Crippen LogP contribution in [0.25, 0.3) is 10.2 Å². The van der Waals surface area contributed by atoms with Gasteiger partial charge in [-0.15, -0.1) is 6.58 Å². The molecule has 0 atom stereocenters. The summed E-state index contributed by atoms with van der Waals surface area (Å²) in [5, 5.41) is 0.904. The summed E-state index contributed by atoms with van der Waals surface area (Å²) in [6.45, 7) is 7.03. The lowest BCUT2D eigenvalue weighted by molar-refractivity contribution is 0.0998. The molecule has 1 heterocycles. The SMILES string of the molecule is C=CCn1c(=NC(=O)c2ccc(OCCCC)cc2)sc2ccc(Cl)c(Cl)c21. The summed E-state index contributed by atoms with van der Waals surface area (Å²) in [6.07, 6.45) is 3.80. The molecular formula is C21H20Cl2N2O2S. The molecule has 146 valence electrons. The molecular weight excluding hydrogens is 415 g/mol. The fourth-order valence-corrected chi connectivity index (χ4v) is 4.19. The number of allylic oxidation sites excluding steroid dienone is 1. The van der Waals surface area contributed by atoms with Crippen molar-refractivity contribution in [3.8, 4) is 5.75 Å². The van der Waals surface area contributed by atoms with E-state index in [0.717, 1.165) is 28.8 Å². The van der Waals surface area contributed by atoms with Crippen molar-refractivity contribution < 1.29 is 9.53 Å². The first-order valence-electron chi connectivity index (χ1n) is 8.95. The standard InChI is InChI=1S/C21H20Cl2N2O2S/c1-3-5-13-27-15-8-6-14(7-9-15)20(26)24-21-25(12-4-2)19-17(28-21)11-10-16(22)18(19)23/h4,6-11H,2-3,5,12-13H2,1H3. The van der Waals surface area contributed by atoms with Gasteiger partial charge in [-0.3, -0.25) is 4.79 Å². The molecule has 0 aliphatic carbocycles. The predicted octanol–water partition coefficient (Wildman–Crippen LogP) is 6.12. The van der Waals surface area contributed by atoms with Crippen molar-refractivity contribution in [1.29, 1.82) is 0 Å². The predicted molar refractivity (Wildman–Crippen MR) is 117 cm³/mol. The molecule has 3 rings (SSSR count). The minimum Gasteiger partial charge on any atom is -0.494 e. The van der Waals surface area contributed by atoms with Crippen LogP contribution in [0.15, 0.2) is 54.0 Å². The Bertz CT molecular complexity index is 1070. The van der Waals surface area contributed by atoms with Gasteiger partial charge in [-0.05, 0) is 42.8 Å². The van der Waals surface area contributed by atoms with E-state index in [2.05, 4.69) is 18.5 Å². The molecule has 28 heavy (non-hydrogen) atoms. The molecule has 0 radical (unpaired) electrons. The van der Waals surface area contributed by atoms with Gasteiger partial charge < -0.3 is 9.30 Å². The van der Waals surface area contributed by atoms with E-state index in [1.165, 1.54) is 11.3 Å². The van der Waals surface area contributed by atoms with Gasteiger partial charge in [0.05, 0.1) is 26.9 Å². The quantitative estimate of drug-likeness (QED) is 0.332. The Balaban J connectivity index is 1.95. The fourth-order valence-electron chi connectivity index (χ4n) is 2.67. The van der Waals surface area contributed by atoms with Crippen molar-refractivity contribution >= 4 is 50.7 Å². The number of carbonyl (C=O) groups excluding carboxylic acids is 1. The molecule has 3 aromatic rings. The smallest absolute Gasteiger partial charge is 0.279 e. The Kier molecular flexibility index (Phi) is 6.94. The topological polar surface area (TPSA) is 43.6 Å². The monoisotopic (exact) mass is 434 g/mol. The summed E-state index contributed by atoms with van der Waals surface area (Å²) in [5.74, 6) is 0.418. The maximum absolute atomic E-state index is 12.7. The first kappa shape index (κ1) is 20.6. The van der Waals surface area contributed by atoms with Gasteiger partial charge in [-0.1, -0.05) is 54.0 Å². The number of carbonyl (C=O) groups is 1. The molecule has 0 aliphatic heterocycles. The molecule has 4 nitrogen and oxygen atoms in total. The average Bonchev–Trinajstić information content (AvgIpc) is 3.03. The lowest BCUT2D eigenvalue weighted by Gasteiger charge is -2.05. The van der Waals surface area contributed by atoms with Crippen LogP contribution in [-0.4, -0.2) is 17.1 Å². The van der Waals surface area contributed by atoms with Crippen LogP contribution in [0.4, 0.5) is 0 Å². The third-order valence-electron chi connectivity index (χ3n) is 4.11. The Morgan fingerprint density at radius 2 is 2.00 bits per heavy atom. The first-order valence-corrected chi connectivity index (χ1v) is 10.5. The summed E-state index contributed by atoms with van der Waals surface area (Å²) in [5.41, 5.74) is 1.25. The maximum Gasteiger partial charge on any atom is 0.279 e. The van der Waals surface area contributed by atoms with E-state index in [1.54, 1.807) is 36.4 Å². The molecule has 0 saturated heterocycles. The summed E-state index contributed by atoms with van der Waals surface area (Å²) < 4.78 is 8.39. The number of fused-ring (bicyclic) bond motifs is 1. The minimum atomic E-state index is -0.327. The molecule has 0 saturated carbocycles. The zero-order valence-corrected chi connectivity index (χ0v) is 17.8. The number of benzene rings is 2. The highest BCUT2D eigenvalue weighted by atomic mass is 35.5. The van der Waals surface area contributed by atoms with Gasteiger partial charge >= 0.3 is 0 Å². The average molecular weight is 435 g/mol. The van der Waals surface area contributed by atoms with Crippen molar-refractivity contribution in [2.45, 2.75) is 26.3 Å². The molecule has 0 fully saturated rings. The number of rotatable bonds is 7. The summed E-state index contributed by atoms with van der Waals surface area (Å²) in [7, 11) is 0. The van der Waals surface area contributed by atoms with Crippen molar-refractivity contribution in [1.82, 2.24) is 4.57 Å². The van der Waals surface area contributed by atoms with E-state index >= 15 is 0 Å². The van der Waals surface area contributed by atoms with E-state index in [9.17, 15) is 4.79 Å². The van der Waals surface area contributed by atoms with Crippen LogP contribution in [0.2, 0.25) is 10.0 Å². The zero-order valence-electron chi connectivity index (χ0n) is 15.5. The molecule has 1 amide bonds. The van der Waals surface area contributed by atoms with Crippen LogP contribution in [0.3, 0.4) is 0 Å². The number of amides is 1. The largest absolute Gasteiger partial charge is 0.494 e. The summed E-state index contributed by atoms with van der Waals surface area (Å²) in [6, 6.07) is 10.6. The highest BCUT2D eigenvalue weighted by Crippen LogP contribution is 2.32. The molecule has 1 aromatic heterocycles. The first-order chi connectivity index (χ1) is 13.5. The van der Waals surface area contributed by atoms with E-state index in [0.29, 0.717) is 33.6 Å². The summed E-state index contributed by atoms with van der Waals surface area (Å²) >= 11 is 13.9. The van der Waals surface area contributed by atoms with Gasteiger partial charge in [0.25, 0.3) is 5.91 Å². The Morgan fingerprint density at radius 3 is 2.68 bits per heavy atom. The van der Waals surface area contributed by atoms with E-state index in [4.69, 9.17) is 27.9 Å². The number of nitrogens with zero attached hydrogens (tertiary/aromatic N) is 2. The molecule has 0 N–H and O–H groups in total. The van der Waals surface area contributed by atoms with Crippen molar-refractivity contribution in [2.75, 3.05) is 6.61 Å². The van der Waals surface area contributed by atoms with Crippen molar-refractivity contribution in [3.05, 3.63) is 69.5 Å². The summed E-state index contributed by atoms with van der Waals surface area (Å²) in [4.78, 5) is 17.5. The highest BCUT2D eigenvalue weighted by Gasteiger charge is 2.13. The van der Waals surface area contributed by atoms with Crippen LogP contribution in [-0.2, 0) is 6.54 Å². The van der Waals surface area contributed by atoms with Gasteiger partial charge in [-0.25, -0.2) is 0 Å². The van der Waals surface area contributed by atoms with Gasteiger partial charge in [0.1, 0.15) is 5.75 Å². The van der Waals surface area contributed by atoms with Gasteiger partial charge in [0, 0.05) is 12.1 Å². The lowest BCUT2D eigenvalue weighted by atomic mass is 10.2. The molecule has 0 unspecified atom stereocenters. The molecule has 0 bridgehead atoms. The fraction of sp³-hybridized carbons (Fsp3) is 0.238. The Morgan fingerprint density at radius 1 is 1.25 bits per heavy atom. The van der Waals surface area contributed by atoms with Crippen LogP contribution < -0.4 is 9.54 Å². The molecule has 2 aromatic carbocycles. The van der Waals surface area contributed by atoms with Crippen LogP contribution in [0.1, 0.15) is 30.1 Å². The van der Waals surface area contributed by atoms with Gasteiger partial charge in [0.2, 0.25) is 0 Å². The maximum atomic E-state index is 12.7. The Hall–Kier alpha value is -2.08. The van der Waals surface area contributed by atoms with Crippen molar-refractivity contribution in [3.63, 3.8) is 0 Å². The highest BCUT2D eigenvalue weighted by molar-refractivity contribution is 7.16. The zero-order chi connectivity index (χ0) is 20.1. The number of hydrogen-bond donors (Lipinski definition) is 0. The van der Waals surface area contributed by atoms with E-state index < -0.39 is 0 Å². The lowest BCUT2D eigenvalue weighted by Crippen LogP contribution is -2.16. The number of hydrogen-bond acceptors (Lipinski definition) is 3. The molecule has 7 heteroatoms. The number of halogens is 2. The van der Waals surface area contributed by atoms with Gasteiger partial charge in [0.15, 0.2) is 4.80 Å². The van der Waals surface area contributed by atoms with Crippen LogP contribution >= 0.6 is 34.5 Å². The Labute approximate surface area is 177 Å². The van der Waals surface area contributed by atoms with E-state index in [-0.39, 0.29) is 5.91 Å². The second-order valence-corrected chi connectivity index (χ2v) is 7.93. The van der Waals surface area contributed by atoms with Crippen LogP contribution in [0.5, 0.6) is 5.75 Å². The van der Waals surface area contributed by atoms with Crippen LogP contribution in [0, 0.1) is 0 Å². The van der Waals surface area contributed by atoms with E-state index in [1.807, 2.05) is 10.6 Å². The number of unbranched alkanes of at least 4 members (excludes halogenated alkanes) is 1. The number of aromatic nitrogens is 1. The third kappa shape index (κ3) is 4.49. The third-order valence-corrected chi connectivity index (χ3v) is 5.95. The number of thiazole rings is 1. The molecule has 0 spiro atoms. The number of ether oxygens (including phenoxy) is 1. The van der Waals surface area contributed by atoms with Crippen molar-refractivity contribution in [2.24, 2.45) is 4.99 Å². The normalized spacial score (nSPS) is 11.8. The van der Waals surface area contributed by atoms with Gasteiger partial charge in [-0.2, -0.15) is 4.99 Å². The minimum absolute atomic E-state index is 0.327.